The summed E-state index contributed by atoms with van der Waals surface area (Å²) in [5.41, 5.74) is 1.09. The van der Waals surface area contributed by atoms with Gasteiger partial charge in [-0.3, -0.25) is 4.79 Å². The van der Waals surface area contributed by atoms with E-state index in [2.05, 4.69) is 24.4 Å². The minimum absolute atomic E-state index is 0.00277. The highest BCUT2D eigenvalue weighted by atomic mass is 16.3. The molecule has 0 saturated heterocycles. The van der Waals surface area contributed by atoms with Gasteiger partial charge < -0.3 is 10.4 Å². The van der Waals surface area contributed by atoms with Gasteiger partial charge in [-0.2, -0.15) is 0 Å². The van der Waals surface area contributed by atoms with E-state index in [4.69, 9.17) is 0 Å². The van der Waals surface area contributed by atoms with Crippen LogP contribution in [0.4, 0.5) is 0 Å². The monoisotopic (exact) mass is 275 g/mol. The molecule has 0 fully saturated rings. The molecule has 0 unspecified atom stereocenters. The van der Waals surface area contributed by atoms with E-state index in [9.17, 15) is 9.90 Å². The van der Waals surface area contributed by atoms with Gasteiger partial charge >= 0.3 is 0 Å². The minimum Gasteiger partial charge on any atom is -0.393 e. The minimum atomic E-state index is -0.390. The molecule has 20 heavy (non-hydrogen) atoms. The van der Waals surface area contributed by atoms with E-state index in [0.717, 1.165) is 24.8 Å². The Hall–Kier alpha value is -1.61. The van der Waals surface area contributed by atoms with Gasteiger partial charge in [-0.15, -0.1) is 0 Å². The Bertz CT molecular complexity index is 401. The molecule has 1 amide bonds. The van der Waals surface area contributed by atoms with Crippen LogP contribution in [0.3, 0.4) is 0 Å². The lowest BCUT2D eigenvalue weighted by atomic mass is 10.1. The highest BCUT2D eigenvalue weighted by molar-refractivity contribution is 5.75. The van der Waals surface area contributed by atoms with Crippen LogP contribution < -0.4 is 5.32 Å². The number of aliphatic hydroxyl groups is 1. The molecule has 0 aliphatic carbocycles. The summed E-state index contributed by atoms with van der Waals surface area (Å²) in [6.07, 6.45) is 7.32. The van der Waals surface area contributed by atoms with Gasteiger partial charge in [0.05, 0.1) is 6.10 Å². The van der Waals surface area contributed by atoms with Gasteiger partial charge in [0, 0.05) is 13.0 Å². The topological polar surface area (TPSA) is 49.3 Å². The van der Waals surface area contributed by atoms with Gasteiger partial charge in [-0.25, -0.2) is 0 Å². The molecule has 0 radical (unpaired) electrons. The average Bonchev–Trinajstić information content (AvgIpc) is 2.48. The molecule has 1 aromatic rings. The normalized spacial score (nSPS) is 12.5. The summed E-state index contributed by atoms with van der Waals surface area (Å²) < 4.78 is 0. The molecule has 2 N–H and O–H groups in total. The fraction of sp³-hybridized carbons (Fsp3) is 0.471. The van der Waals surface area contributed by atoms with Crippen LogP contribution in [0.1, 0.15) is 44.6 Å². The van der Waals surface area contributed by atoms with Gasteiger partial charge in [-0.1, -0.05) is 49.4 Å². The van der Waals surface area contributed by atoms with Crippen LogP contribution in [0.25, 0.3) is 0 Å². The van der Waals surface area contributed by atoms with Crippen molar-refractivity contribution in [1.82, 2.24) is 5.32 Å². The van der Waals surface area contributed by atoms with Crippen molar-refractivity contribution in [2.45, 2.75) is 51.7 Å². The van der Waals surface area contributed by atoms with E-state index in [1.54, 1.807) is 0 Å². The number of benzene rings is 1. The number of carbonyl (C=O) groups excluding carboxylic acids is 1. The second kappa shape index (κ2) is 10.2. The Morgan fingerprint density at radius 3 is 2.70 bits per heavy atom. The molecule has 1 rings (SSSR count). The Balaban J connectivity index is 2.11. The smallest absolute Gasteiger partial charge is 0.220 e. The number of hydrogen-bond acceptors (Lipinski definition) is 2. The van der Waals surface area contributed by atoms with E-state index >= 15 is 0 Å². The highest BCUT2D eigenvalue weighted by Gasteiger charge is 2.07. The lowest BCUT2D eigenvalue weighted by molar-refractivity contribution is -0.121. The van der Waals surface area contributed by atoms with Gasteiger partial charge in [-0.05, 0) is 31.2 Å². The second-order valence-electron chi connectivity index (χ2n) is 4.91. The van der Waals surface area contributed by atoms with Gasteiger partial charge in [0.25, 0.3) is 0 Å². The molecule has 1 atom stereocenters. The lowest BCUT2D eigenvalue weighted by Crippen LogP contribution is -2.23. The molecule has 3 heteroatoms. The Morgan fingerprint density at radius 2 is 2.00 bits per heavy atom. The lowest BCUT2D eigenvalue weighted by Gasteiger charge is -2.09. The zero-order valence-electron chi connectivity index (χ0n) is 12.2. The van der Waals surface area contributed by atoms with Crippen LogP contribution in [0.5, 0.6) is 0 Å². The third kappa shape index (κ3) is 7.74. The van der Waals surface area contributed by atoms with E-state index in [-0.39, 0.29) is 12.0 Å². The number of amides is 1. The van der Waals surface area contributed by atoms with Crippen LogP contribution in [0.15, 0.2) is 42.5 Å². The number of hydrogen-bond donors (Lipinski definition) is 2. The Morgan fingerprint density at radius 1 is 1.25 bits per heavy atom. The first-order chi connectivity index (χ1) is 9.72. The molecule has 1 aromatic carbocycles. The van der Waals surface area contributed by atoms with Crippen molar-refractivity contribution in [3.8, 4) is 0 Å². The van der Waals surface area contributed by atoms with E-state index in [1.165, 1.54) is 0 Å². The van der Waals surface area contributed by atoms with E-state index < -0.39 is 0 Å². The van der Waals surface area contributed by atoms with E-state index in [1.807, 2.05) is 30.3 Å². The SMILES string of the molecule is CC/C=C\CC[C@@H](O)CCC(=O)NCc1ccccc1. The largest absolute Gasteiger partial charge is 0.393 e. The number of aliphatic hydroxyl groups excluding tert-OH is 1. The third-order valence-electron chi connectivity index (χ3n) is 3.11. The van der Waals surface area contributed by atoms with Crippen molar-refractivity contribution in [2.24, 2.45) is 0 Å². The van der Waals surface area contributed by atoms with Crippen molar-refractivity contribution < 1.29 is 9.90 Å². The summed E-state index contributed by atoms with van der Waals surface area (Å²) in [5.74, 6) is -0.00277. The van der Waals surface area contributed by atoms with Crippen LogP contribution in [-0.2, 0) is 11.3 Å². The van der Waals surface area contributed by atoms with Crippen LogP contribution in [0.2, 0.25) is 0 Å². The number of nitrogens with one attached hydrogen (secondary N) is 1. The maximum Gasteiger partial charge on any atom is 0.220 e. The summed E-state index contributed by atoms with van der Waals surface area (Å²) in [7, 11) is 0. The van der Waals surface area contributed by atoms with Crippen molar-refractivity contribution in [3.63, 3.8) is 0 Å². The number of allylic oxidation sites excluding steroid dienone is 2. The first-order valence-electron chi connectivity index (χ1n) is 7.36. The molecular weight excluding hydrogens is 250 g/mol. The van der Waals surface area contributed by atoms with Crippen molar-refractivity contribution in [1.29, 1.82) is 0 Å². The standard InChI is InChI=1S/C17H25NO2/c1-2-3-4-8-11-16(19)12-13-17(20)18-14-15-9-6-5-7-10-15/h3-7,9-10,16,19H,2,8,11-14H2,1H3,(H,18,20)/b4-3-/t16-/m1/s1. The molecule has 0 heterocycles. The number of rotatable bonds is 9. The van der Waals surface area contributed by atoms with Gasteiger partial charge in [0.1, 0.15) is 0 Å². The van der Waals surface area contributed by atoms with E-state index in [0.29, 0.717) is 19.4 Å². The second-order valence-corrected chi connectivity index (χ2v) is 4.91. The molecule has 3 nitrogen and oxygen atoms in total. The third-order valence-corrected chi connectivity index (χ3v) is 3.11. The highest BCUT2D eigenvalue weighted by Crippen LogP contribution is 2.06. The zero-order valence-corrected chi connectivity index (χ0v) is 12.2. The predicted octanol–water partition coefficient (Wildman–Crippen LogP) is 3.19. The molecule has 0 aliphatic heterocycles. The number of carbonyl (C=O) groups is 1. The maximum atomic E-state index is 11.7. The van der Waals surface area contributed by atoms with Crippen LogP contribution >= 0.6 is 0 Å². The first kappa shape index (κ1) is 16.4. The summed E-state index contributed by atoms with van der Waals surface area (Å²) in [6, 6.07) is 9.82. The molecule has 110 valence electrons. The molecule has 0 bridgehead atoms. The quantitative estimate of drug-likeness (QED) is 0.680. The van der Waals surface area contributed by atoms with Gasteiger partial charge in [0.15, 0.2) is 0 Å². The summed E-state index contributed by atoms with van der Waals surface area (Å²) in [6.45, 7) is 2.64. The average molecular weight is 275 g/mol. The summed E-state index contributed by atoms with van der Waals surface area (Å²) in [4.78, 5) is 11.7. The Kier molecular flexibility index (Phi) is 8.40. The Labute approximate surface area is 121 Å². The fourth-order valence-corrected chi connectivity index (χ4v) is 1.90. The predicted molar refractivity (Wildman–Crippen MR) is 82.2 cm³/mol. The van der Waals surface area contributed by atoms with Gasteiger partial charge in [0.2, 0.25) is 5.91 Å². The maximum absolute atomic E-state index is 11.7. The molecule has 0 aliphatic rings. The van der Waals surface area contributed by atoms with Crippen LogP contribution in [0, 0.1) is 0 Å². The first-order valence-corrected chi connectivity index (χ1v) is 7.36. The van der Waals surface area contributed by atoms with Crippen molar-refractivity contribution >= 4 is 5.91 Å². The zero-order chi connectivity index (χ0) is 14.6. The van der Waals surface area contributed by atoms with Crippen molar-refractivity contribution in [3.05, 3.63) is 48.0 Å². The van der Waals surface area contributed by atoms with Crippen molar-refractivity contribution in [2.75, 3.05) is 0 Å². The fourth-order valence-electron chi connectivity index (χ4n) is 1.90. The molecular formula is C17H25NO2. The molecule has 0 spiro atoms. The molecule has 0 saturated carbocycles. The molecule has 0 aromatic heterocycles. The van der Waals surface area contributed by atoms with Crippen LogP contribution in [-0.4, -0.2) is 17.1 Å². The summed E-state index contributed by atoms with van der Waals surface area (Å²) in [5, 5.41) is 12.6. The summed E-state index contributed by atoms with van der Waals surface area (Å²) >= 11 is 0.